The van der Waals surface area contributed by atoms with E-state index in [1.54, 1.807) is 4.90 Å². The average molecular weight is 304 g/mol. The highest BCUT2D eigenvalue weighted by Gasteiger charge is 2.54. The van der Waals surface area contributed by atoms with E-state index in [4.69, 9.17) is 0 Å². The van der Waals surface area contributed by atoms with Gasteiger partial charge in [0.1, 0.15) is 0 Å². The number of carbonyl (C=O) groups excluding carboxylic acids is 1. The molecule has 114 valence electrons. The number of halogens is 1. The molecular weight excluding hydrogens is 283 g/mol. The van der Waals surface area contributed by atoms with Crippen molar-refractivity contribution in [3.05, 3.63) is 0 Å². The molecule has 0 radical (unpaired) electrons. The summed E-state index contributed by atoms with van der Waals surface area (Å²) in [6.45, 7) is 1.21. The van der Waals surface area contributed by atoms with E-state index in [1.165, 1.54) is 6.26 Å². The zero-order chi connectivity index (χ0) is 14.6. The first kappa shape index (κ1) is 14.3. The van der Waals surface area contributed by atoms with Gasteiger partial charge in [0.05, 0.1) is 6.26 Å². The van der Waals surface area contributed by atoms with E-state index in [1.807, 2.05) is 0 Å². The second-order valence-corrected chi connectivity index (χ2v) is 8.53. The number of piperidine rings is 1. The summed E-state index contributed by atoms with van der Waals surface area (Å²) >= 11 is 0. The molecule has 0 aromatic carbocycles. The maximum atomic E-state index is 13.7. The fraction of sp³-hybridized carbons (Fsp3) is 0.923. The molecule has 0 bridgehead atoms. The number of sulfonamides is 1. The summed E-state index contributed by atoms with van der Waals surface area (Å²) in [5, 5.41) is 0. The van der Waals surface area contributed by atoms with Gasteiger partial charge in [-0.05, 0) is 43.9 Å². The van der Waals surface area contributed by atoms with E-state index in [-0.39, 0.29) is 17.4 Å². The number of nitrogens with one attached hydrogen (secondary N) is 1. The molecule has 2 aliphatic carbocycles. The molecule has 1 aliphatic heterocycles. The van der Waals surface area contributed by atoms with Gasteiger partial charge in [0.15, 0.2) is 5.67 Å². The lowest BCUT2D eigenvalue weighted by Crippen LogP contribution is -2.56. The summed E-state index contributed by atoms with van der Waals surface area (Å²) in [5.41, 5.74) is -1.41. The molecule has 20 heavy (non-hydrogen) atoms. The topological polar surface area (TPSA) is 66.5 Å². The van der Waals surface area contributed by atoms with E-state index >= 15 is 0 Å². The Bertz CT molecular complexity index is 514. The molecule has 0 aromatic heterocycles. The zero-order valence-corrected chi connectivity index (χ0v) is 12.5. The van der Waals surface area contributed by atoms with Crippen LogP contribution in [0, 0.1) is 5.41 Å². The molecular formula is C13H21FN2O3S. The van der Waals surface area contributed by atoms with E-state index in [0.29, 0.717) is 25.9 Å². The Morgan fingerprint density at radius 2 is 1.75 bits per heavy atom. The first-order valence-corrected chi connectivity index (χ1v) is 9.06. The Kier molecular flexibility index (Phi) is 3.14. The summed E-state index contributed by atoms with van der Waals surface area (Å²) in [7, 11) is -3.14. The number of hydrogen-bond acceptors (Lipinski definition) is 3. The summed E-state index contributed by atoms with van der Waals surface area (Å²) in [4.78, 5) is 13.6. The molecule has 3 aliphatic rings. The predicted molar refractivity (Wildman–Crippen MR) is 72.3 cm³/mol. The number of rotatable bonds is 3. The van der Waals surface area contributed by atoms with E-state index in [2.05, 4.69) is 4.72 Å². The Balaban J connectivity index is 1.49. The van der Waals surface area contributed by atoms with Crippen LogP contribution in [0.5, 0.6) is 0 Å². The van der Waals surface area contributed by atoms with Crippen molar-refractivity contribution in [2.75, 3.05) is 19.3 Å². The van der Waals surface area contributed by atoms with Crippen molar-refractivity contribution in [2.24, 2.45) is 5.41 Å². The van der Waals surface area contributed by atoms with Crippen molar-refractivity contribution in [1.82, 2.24) is 9.62 Å². The minimum atomic E-state index is -3.14. The van der Waals surface area contributed by atoms with Crippen LogP contribution >= 0.6 is 0 Å². The number of amides is 1. The molecule has 1 amide bonds. The minimum Gasteiger partial charge on any atom is -0.340 e. The summed E-state index contributed by atoms with van der Waals surface area (Å²) in [6.07, 6.45) is 5.30. The van der Waals surface area contributed by atoms with Crippen LogP contribution in [-0.4, -0.2) is 50.3 Å². The maximum Gasteiger partial charge on any atom is 0.260 e. The number of alkyl halides is 1. The zero-order valence-electron chi connectivity index (χ0n) is 11.7. The highest BCUT2D eigenvalue weighted by molar-refractivity contribution is 7.88. The van der Waals surface area contributed by atoms with Gasteiger partial charge in [-0.3, -0.25) is 4.79 Å². The van der Waals surface area contributed by atoms with Gasteiger partial charge in [-0.2, -0.15) is 0 Å². The van der Waals surface area contributed by atoms with Crippen molar-refractivity contribution >= 4 is 15.9 Å². The summed E-state index contributed by atoms with van der Waals surface area (Å²) in [5.74, 6) is -0.336. The fourth-order valence-electron chi connectivity index (χ4n) is 3.57. The third kappa shape index (κ3) is 2.70. The normalized spacial score (nSPS) is 28.2. The second-order valence-electron chi connectivity index (χ2n) is 6.75. The molecule has 0 unspecified atom stereocenters. The quantitative estimate of drug-likeness (QED) is 0.839. The van der Waals surface area contributed by atoms with E-state index in [0.717, 1.165) is 25.7 Å². The fourth-order valence-corrected chi connectivity index (χ4v) is 4.34. The lowest BCUT2D eigenvalue weighted by atomic mass is 9.60. The van der Waals surface area contributed by atoms with Crippen LogP contribution in [0.3, 0.4) is 0 Å². The molecule has 1 heterocycles. The van der Waals surface area contributed by atoms with Crippen LogP contribution in [0.2, 0.25) is 0 Å². The lowest BCUT2D eigenvalue weighted by Gasteiger charge is -2.52. The van der Waals surface area contributed by atoms with Gasteiger partial charge >= 0.3 is 0 Å². The SMILES string of the molecule is CS(=O)(=O)NC1CC2(CCN(C(=O)C3(F)CC3)CC2)C1. The highest BCUT2D eigenvalue weighted by atomic mass is 32.2. The Labute approximate surface area is 118 Å². The van der Waals surface area contributed by atoms with Crippen LogP contribution in [0.15, 0.2) is 0 Å². The van der Waals surface area contributed by atoms with Crippen molar-refractivity contribution in [3.63, 3.8) is 0 Å². The average Bonchev–Trinajstić information content (AvgIpc) is 3.05. The van der Waals surface area contributed by atoms with Crippen LogP contribution in [0.25, 0.3) is 0 Å². The molecule has 7 heteroatoms. The number of hydrogen-bond donors (Lipinski definition) is 1. The Hall–Kier alpha value is -0.690. The van der Waals surface area contributed by atoms with Gasteiger partial charge < -0.3 is 4.90 Å². The molecule has 3 rings (SSSR count). The molecule has 5 nitrogen and oxygen atoms in total. The molecule has 3 fully saturated rings. The van der Waals surface area contributed by atoms with Gasteiger partial charge in [0.2, 0.25) is 10.0 Å². The monoisotopic (exact) mass is 304 g/mol. The van der Waals surface area contributed by atoms with Crippen LogP contribution in [0.4, 0.5) is 4.39 Å². The van der Waals surface area contributed by atoms with Crippen molar-refractivity contribution in [1.29, 1.82) is 0 Å². The standard InChI is InChI=1S/C13H21FN2O3S/c1-20(18,19)15-10-8-12(9-10)4-6-16(7-5-12)11(17)13(14)2-3-13/h10,15H,2-9H2,1H3. The van der Waals surface area contributed by atoms with Crippen molar-refractivity contribution < 1.29 is 17.6 Å². The molecule has 1 N–H and O–H groups in total. The maximum absolute atomic E-state index is 13.7. The molecule has 1 spiro atoms. The Morgan fingerprint density at radius 1 is 1.20 bits per heavy atom. The van der Waals surface area contributed by atoms with E-state index in [9.17, 15) is 17.6 Å². The first-order valence-electron chi connectivity index (χ1n) is 7.17. The molecule has 0 atom stereocenters. The van der Waals surface area contributed by atoms with Gasteiger partial charge in [0, 0.05) is 19.1 Å². The smallest absolute Gasteiger partial charge is 0.260 e. The molecule has 2 saturated carbocycles. The first-order chi connectivity index (χ1) is 9.22. The number of likely N-dealkylation sites (tertiary alicyclic amines) is 1. The van der Waals surface area contributed by atoms with Crippen LogP contribution in [0.1, 0.15) is 38.5 Å². The minimum absolute atomic E-state index is 0.0307. The summed E-state index contributed by atoms with van der Waals surface area (Å²) < 4.78 is 38.7. The number of carbonyl (C=O) groups is 1. The number of nitrogens with zero attached hydrogens (tertiary/aromatic N) is 1. The van der Waals surface area contributed by atoms with Crippen LogP contribution in [-0.2, 0) is 14.8 Å². The molecule has 1 saturated heterocycles. The third-order valence-electron chi connectivity index (χ3n) is 4.92. The Morgan fingerprint density at radius 3 is 2.20 bits per heavy atom. The van der Waals surface area contributed by atoms with E-state index < -0.39 is 15.7 Å². The van der Waals surface area contributed by atoms with Gasteiger partial charge in [-0.1, -0.05) is 0 Å². The highest BCUT2D eigenvalue weighted by Crippen LogP contribution is 2.50. The van der Waals surface area contributed by atoms with Gasteiger partial charge in [0.25, 0.3) is 5.91 Å². The van der Waals surface area contributed by atoms with Crippen molar-refractivity contribution in [2.45, 2.75) is 50.2 Å². The lowest BCUT2D eigenvalue weighted by molar-refractivity contribution is -0.141. The van der Waals surface area contributed by atoms with Gasteiger partial charge in [-0.25, -0.2) is 17.5 Å². The molecule has 0 aromatic rings. The van der Waals surface area contributed by atoms with Crippen LogP contribution < -0.4 is 4.72 Å². The summed E-state index contributed by atoms with van der Waals surface area (Å²) in [6, 6.07) is 0.0307. The predicted octanol–water partition coefficient (Wildman–Crippen LogP) is 0.809. The van der Waals surface area contributed by atoms with Gasteiger partial charge in [-0.15, -0.1) is 0 Å². The van der Waals surface area contributed by atoms with Crippen molar-refractivity contribution in [3.8, 4) is 0 Å². The second kappa shape index (κ2) is 4.40. The largest absolute Gasteiger partial charge is 0.340 e. The third-order valence-corrected chi connectivity index (χ3v) is 5.68.